The molecule has 0 aliphatic carbocycles. The number of thiophene rings is 1. The van der Waals surface area contributed by atoms with Crippen LogP contribution in [0, 0.1) is 0 Å². The summed E-state index contributed by atoms with van der Waals surface area (Å²) >= 11 is 1.86. The molecule has 0 radical (unpaired) electrons. The summed E-state index contributed by atoms with van der Waals surface area (Å²) in [6, 6.07) is 68.2. The van der Waals surface area contributed by atoms with Crippen molar-refractivity contribution in [3.8, 4) is 33.4 Å². The van der Waals surface area contributed by atoms with Gasteiger partial charge in [0, 0.05) is 37.1 Å². The van der Waals surface area contributed by atoms with Gasteiger partial charge < -0.3 is 4.90 Å². The Balaban J connectivity index is 1.14. The maximum absolute atomic E-state index is 2.40. The van der Waals surface area contributed by atoms with Gasteiger partial charge in [-0.3, -0.25) is 0 Å². The third-order valence-electron chi connectivity index (χ3n) is 9.25. The number of para-hydroxylation sites is 1. The average molecular weight is 630 g/mol. The lowest BCUT2D eigenvalue weighted by Gasteiger charge is -2.28. The van der Waals surface area contributed by atoms with Crippen molar-refractivity contribution in [1.29, 1.82) is 0 Å². The Bertz CT molecular complexity index is 2560. The second-order valence-corrected chi connectivity index (χ2v) is 13.3. The van der Waals surface area contributed by atoms with E-state index in [1.54, 1.807) is 0 Å². The summed E-state index contributed by atoms with van der Waals surface area (Å²) in [4.78, 5) is 2.40. The molecule has 0 saturated carbocycles. The summed E-state index contributed by atoms with van der Waals surface area (Å²) in [5.74, 6) is 0. The van der Waals surface area contributed by atoms with Gasteiger partial charge in [-0.15, -0.1) is 11.3 Å². The minimum absolute atomic E-state index is 1.12. The van der Waals surface area contributed by atoms with Gasteiger partial charge in [0.15, 0.2) is 0 Å². The SMILES string of the molecule is c1ccc(-c2ccccc2N(c2ccc(-c3cccc(-c4ccc5ccccc5c4)c3)cc2)c2ccc3c(c2)sc2ccccc23)cc1. The average Bonchev–Trinajstić information content (AvgIpc) is 3.54. The first-order valence-corrected chi connectivity index (χ1v) is 17.2. The number of benzene rings is 8. The Morgan fingerprint density at radius 3 is 1.83 bits per heavy atom. The highest BCUT2D eigenvalue weighted by atomic mass is 32.1. The van der Waals surface area contributed by atoms with Crippen molar-refractivity contribution >= 4 is 59.3 Å². The van der Waals surface area contributed by atoms with Crippen LogP contribution in [0.2, 0.25) is 0 Å². The predicted molar refractivity (Wildman–Crippen MR) is 208 cm³/mol. The van der Waals surface area contributed by atoms with Gasteiger partial charge >= 0.3 is 0 Å². The number of rotatable bonds is 6. The Morgan fingerprint density at radius 1 is 0.333 bits per heavy atom. The Kier molecular flexibility index (Phi) is 7.07. The zero-order valence-electron chi connectivity index (χ0n) is 26.3. The van der Waals surface area contributed by atoms with Crippen LogP contribution in [-0.2, 0) is 0 Å². The lowest BCUT2D eigenvalue weighted by atomic mass is 9.97. The van der Waals surface area contributed by atoms with Crippen molar-refractivity contribution in [3.05, 3.63) is 188 Å². The van der Waals surface area contributed by atoms with Crippen LogP contribution >= 0.6 is 11.3 Å². The van der Waals surface area contributed by atoms with Crippen molar-refractivity contribution in [2.75, 3.05) is 4.90 Å². The minimum Gasteiger partial charge on any atom is -0.310 e. The first-order chi connectivity index (χ1) is 23.8. The van der Waals surface area contributed by atoms with Crippen molar-refractivity contribution in [3.63, 3.8) is 0 Å². The zero-order chi connectivity index (χ0) is 31.9. The fraction of sp³-hybridized carbons (Fsp3) is 0. The second kappa shape index (κ2) is 12.0. The lowest BCUT2D eigenvalue weighted by Crippen LogP contribution is -2.11. The summed E-state index contributed by atoms with van der Waals surface area (Å²) in [6.07, 6.45) is 0. The van der Waals surface area contributed by atoms with Gasteiger partial charge in [0.2, 0.25) is 0 Å². The van der Waals surface area contributed by atoms with Gasteiger partial charge in [-0.1, -0.05) is 140 Å². The molecule has 9 rings (SSSR count). The smallest absolute Gasteiger partial charge is 0.0540 e. The molecule has 1 aromatic heterocycles. The monoisotopic (exact) mass is 629 g/mol. The molecule has 9 aromatic rings. The Morgan fingerprint density at radius 2 is 0.958 bits per heavy atom. The van der Waals surface area contributed by atoms with Crippen LogP contribution < -0.4 is 4.90 Å². The van der Waals surface area contributed by atoms with E-state index in [-0.39, 0.29) is 0 Å². The standard InChI is InChI=1S/C46H31NS/c1-2-12-34(13-3-1)41-17-6-8-19-44(41)47(40-27-28-43-42-18-7-9-20-45(42)48-46(43)31-40)39-25-23-33(24-26-39)36-15-10-16-37(29-36)38-22-21-32-11-4-5-14-35(32)30-38/h1-31H. The van der Waals surface area contributed by atoms with Crippen LogP contribution in [0.3, 0.4) is 0 Å². The molecule has 0 atom stereocenters. The van der Waals surface area contributed by atoms with E-state index in [9.17, 15) is 0 Å². The molecule has 0 unspecified atom stereocenters. The number of hydrogen-bond acceptors (Lipinski definition) is 2. The highest BCUT2D eigenvalue weighted by Gasteiger charge is 2.18. The molecular formula is C46H31NS. The van der Waals surface area contributed by atoms with Crippen molar-refractivity contribution in [2.24, 2.45) is 0 Å². The molecule has 1 nitrogen and oxygen atoms in total. The van der Waals surface area contributed by atoms with Crippen LogP contribution in [-0.4, -0.2) is 0 Å². The van der Waals surface area contributed by atoms with E-state index in [1.165, 1.54) is 64.3 Å². The van der Waals surface area contributed by atoms with Gasteiger partial charge in [-0.05, 0) is 87.1 Å². The lowest BCUT2D eigenvalue weighted by molar-refractivity contribution is 1.29. The zero-order valence-corrected chi connectivity index (χ0v) is 27.1. The molecule has 1 heterocycles. The Labute approximate surface area is 284 Å². The van der Waals surface area contributed by atoms with E-state index in [2.05, 4.69) is 193 Å². The number of hydrogen-bond donors (Lipinski definition) is 0. The first kappa shape index (κ1) is 28.3. The summed E-state index contributed by atoms with van der Waals surface area (Å²) in [5, 5.41) is 5.14. The van der Waals surface area contributed by atoms with E-state index in [0.29, 0.717) is 0 Å². The fourth-order valence-corrected chi connectivity index (χ4v) is 8.00. The van der Waals surface area contributed by atoms with Gasteiger partial charge in [-0.2, -0.15) is 0 Å². The maximum atomic E-state index is 2.40. The third-order valence-corrected chi connectivity index (χ3v) is 10.4. The quantitative estimate of drug-likeness (QED) is 0.177. The first-order valence-electron chi connectivity index (χ1n) is 16.3. The van der Waals surface area contributed by atoms with Crippen molar-refractivity contribution in [2.45, 2.75) is 0 Å². The van der Waals surface area contributed by atoms with E-state index in [1.807, 2.05) is 11.3 Å². The van der Waals surface area contributed by atoms with E-state index < -0.39 is 0 Å². The molecule has 0 amide bonds. The summed E-state index contributed by atoms with van der Waals surface area (Å²) < 4.78 is 2.61. The van der Waals surface area contributed by atoms with Crippen LogP contribution in [0.1, 0.15) is 0 Å². The van der Waals surface area contributed by atoms with Gasteiger partial charge in [0.25, 0.3) is 0 Å². The molecule has 226 valence electrons. The second-order valence-electron chi connectivity index (χ2n) is 12.2. The fourth-order valence-electron chi connectivity index (χ4n) is 6.86. The van der Waals surface area contributed by atoms with E-state index in [4.69, 9.17) is 0 Å². The van der Waals surface area contributed by atoms with Gasteiger partial charge in [0.05, 0.1) is 5.69 Å². The van der Waals surface area contributed by atoms with Crippen LogP contribution in [0.15, 0.2) is 188 Å². The molecule has 8 aromatic carbocycles. The molecule has 0 spiro atoms. The van der Waals surface area contributed by atoms with Crippen molar-refractivity contribution in [1.82, 2.24) is 0 Å². The maximum Gasteiger partial charge on any atom is 0.0540 e. The highest BCUT2D eigenvalue weighted by molar-refractivity contribution is 7.25. The number of nitrogens with zero attached hydrogens (tertiary/aromatic N) is 1. The molecule has 0 bridgehead atoms. The van der Waals surface area contributed by atoms with Crippen LogP contribution in [0.5, 0.6) is 0 Å². The molecule has 48 heavy (non-hydrogen) atoms. The molecule has 0 saturated heterocycles. The molecule has 0 aliphatic heterocycles. The van der Waals surface area contributed by atoms with Gasteiger partial charge in [-0.25, -0.2) is 0 Å². The minimum atomic E-state index is 1.12. The summed E-state index contributed by atoms with van der Waals surface area (Å²) in [6.45, 7) is 0. The van der Waals surface area contributed by atoms with Crippen LogP contribution in [0.4, 0.5) is 17.1 Å². The van der Waals surface area contributed by atoms with Crippen molar-refractivity contribution < 1.29 is 0 Å². The predicted octanol–water partition coefficient (Wildman–Crippen LogP) is 13.7. The summed E-state index contributed by atoms with van der Waals surface area (Å²) in [7, 11) is 0. The van der Waals surface area contributed by atoms with E-state index in [0.717, 1.165) is 17.1 Å². The molecule has 0 N–H and O–H groups in total. The Hall–Kier alpha value is -5.96. The summed E-state index contributed by atoms with van der Waals surface area (Å²) in [5.41, 5.74) is 10.6. The molecular weight excluding hydrogens is 599 g/mol. The number of anilines is 3. The van der Waals surface area contributed by atoms with Crippen LogP contribution in [0.25, 0.3) is 64.3 Å². The largest absolute Gasteiger partial charge is 0.310 e. The topological polar surface area (TPSA) is 3.24 Å². The molecule has 0 fully saturated rings. The normalized spacial score (nSPS) is 11.3. The van der Waals surface area contributed by atoms with E-state index >= 15 is 0 Å². The molecule has 0 aliphatic rings. The highest BCUT2D eigenvalue weighted by Crippen LogP contribution is 2.44. The number of fused-ring (bicyclic) bond motifs is 4. The third kappa shape index (κ3) is 5.13. The van der Waals surface area contributed by atoms with Gasteiger partial charge in [0.1, 0.15) is 0 Å². The molecule has 2 heteroatoms.